The number of sulfonamides is 1. The molecule has 1 aromatic carbocycles. The highest BCUT2D eigenvalue weighted by molar-refractivity contribution is 7.88. The maximum atomic E-state index is 11.6. The van der Waals surface area contributed by atoms with E-state index in [2.05, 4.69) is 32.9 Å². The summed E-state index contributed by atoms with van der Waals surface area (Å²) in [6, 6.07) is 10.3. The molecule has 1 aromatic heterocycles. The molecule has 8 heteroatoms. The van der Waals surface area contributed by atoms with Crippen LogP contribution in [0.15, 0.2) is 42.7 Å². The van der Waals surface area contributed by atoms with E-state index >= 15 is 0 Å². The van der Waals surface area contributed by atoms with Gasteiger partial charge in [-0.05, 0) is 30.5 Å². The summed E-state index contributed by atoms with van der Waals surface area (Å²) < 4.78 is 34.2. The monoisotopic (exact) mass is 402 g/mol. The number of nitrogens with one attached hydrogen (secondary N) is 1. The molecule has 150 valence electrons. The molecule has 0 unspecified atom stereocenters. The van der Waals surface area contributed by atoms with Crippen molar-refractivity contribution in [1.29, 1.82) is 0 Å². The van der Waals surface area contributed by atoms with Crippen molar-refractivity contribution in [1.82, 2.24) is 19.4 Å². The number of benzene rings is 1. The lowest BCUT2D eigenvalue weighted by molar-refractivity contribution is 0.00219. The quantitative estimate of drug-likeness (QED) is 0.791. The van der Waals surface area contributed by atoms with Gasteiger partial charge in [0.1, 0.15) is 0 Å². The number of hydrogen-bond donors (Lipinski definition) is 1. The molecule has 4 heterocycles. The smallest absolute Gasteiger partial charge is 0.208 e. The van der Waals surface area contributed by atoms with Gasteiger partial charge in [0.05, 0.1) is 23.6 Å². The Labute approximate surface area is 165 Å². The van der Waals surface area contributed by atoms with Crippen LogP contribution in [-0.2, 0) is 21.3 Å². The molecule has 2 bridgehead atoms. The molecular weight excluding hydrogens is 376 g/mol. The largest absolute Gasteiger partial charge is 0.370 e. The summed E-state index contributed by atoms with van der Waals surface area (Å²) in [6.45, 7) is 3.18. The van der Waals surface area contributed by atoms with Crippen LogP contribution in [0.5, 0.6) is 0 Å². The van der Waals surface area contributed by atoms with Crippen molar-refractivity contribution in [2.24, 2.45) is 11.8 Å². The minimum Gasteiger partial charge on any atom is -0.370 e. The molecule has 3 aliphatic heterocycles. The van der Waals surface area contributed by atoms with Gasteiger partial charge in [-0.2, -0.15) is 5.10 Å². The molecule has 2 aromatic rings. The third-order valence-electron chi connectivity index (χ3n) is 6.57. The van der Waals surface area contributed by atoms with Gasteiger partial charge in [-0.1, -0.05) is 18.2 Å². The van der Waals surface area contributed by atoms with Gasteiger partial charge in [-0.15, -0.1) is 0 Å². The highest BCUT2D eigenvalue weighted by atomic mass is 32.2. The molecule has 3 fully saturated rings. The Bertz CT molecular complexity index is 962. The first-order chi connectivity index (χ1) is 13.4. The lowest BCUT2D eigenvalue weighted by Crippen LogP contribution is -2.41. The summed E-state index contributed by atoms with van der Waals surface area (Å²) in [4.78, 5) is 2.46. The predicted molar refractivity (Wildman–Crippen MR) is 106 cm³/mol. The Morgan fingerprint density at radius 2 is 2.18 bits per heavy atom. The van der Waals surface area contributed by atoms with Gasteiger partial charge in [-0.25, -0.2) is 17.8 Å². The molecule has 4 atom stereocenters. The van der Waals surface area contributed by atoms with Crippen LogP contribution in [-0.4, -0.2) is 60.7 Å². The Kier molecular flexibility index (Phi) is 4.35. The van der Waals surface area contributed by atoms with Crippen LogP contribution in [0, 0.1) is 11.8 Å². The molecule has 0 amide bonds. The van der Waals surface area contributed by atoms with Crippen LogP contribution in [0.2, 0.25) is 0 Å². The molecule has 1 N–H and O–H groups in total. The van der Waals surface area contributed by atoms with Crippen molar-refractivity contribution in [3.05, 3.63) is 48.3 Å². The maximum Gasteiger partial charge on any atom is 0.208 e. The Balaban J connectivity index is 1.34. The fraction of sp³-hybridized carbons (Fsp3) is 0.550. The molecule has 1 spiro atoms. The first kappa shape index (κ1) is 18.3. The Morgan fingerprint density at radius 3 is 2.96 bits per heavy atom. The van der Waals surface area contributed by atoms with Crippen LogP contribution < -0.4 is 4.72 Å². The van der Waals surface area contributed by atoms with Crippen molar-refractivity contribution in [3.8, 4) is 5.69 Å². The second kappa shape index (κ2) is 6.66. The van der Waals surface area contributed by atoms with Crippen LogP contribution in [0.4, 0.5) is 0 Å². The topological polar surface area (TPSA) is 76.5 Å². The number of rotatable bonds is 6. The van der Waals surface area contributed by atoms with E-state index in [4.69, 9.17) is 4.74 Å². The minimum absolute atomic E-state index is 0.102. The van der Waals surface area contributed by atoms with Crippen LogP contribution in [0.1, 0.15) is 18.4 Å². The number of aromatic nitrogens is 2. The van der Waals surface area contributed by atoms with E-state index in [1.807, 2.05) is 23.0 Å². The van der Waals surface area contributed by atoms with E-state index in [1.165, 1.54) is 11.8 Å². The average molecular weight is 403 g/mol. The zero-order valence-corrected chi connectivity index (χ0v) is 16.8. The molecule has 0 aliphatic carbocycles. The summed E-state index contributed by atoms with van der Waals surface area (Å²) in [5.41, 5.74) is 2.24. The standard InChI is InChI=1S/C20H26N4O3S/c1-28(25,26)22-11-16-17-13-23(14-20(17)8-7-19(16)27-20)12-15-5-2-3-6-18(15)24-10-4-9-21-24/h2-6,9-10,16-17,19,22H,7-8,11-14H2,1H3/t16-,17+,19+,20+/m0/s1. The Hall–Kier alpha value is -1.74. The van der Waals surface area contributed by atoms with Crippen molar-refractivity contribution in [3.63, 3.8) is 0 Å². The maximum absolute atomic E-state index is 11.6. The lowest BCUT2D eigenvalue weighted by atomic mass is 9.74. The van der Waals surface area contributed by atoms with Crippen LogP contribution in [0.25, 0.3) is 5.69 Å². The van der Waals surface area contributed by atoms with E-state index in [9.17, 15) is 8.42 Å². The van der Waals surface area contributed by atoms with E-state index in [-0.39, 0.29) is 17.6 Å². The molecule has 28 heavy (non-hydrogen) atoms. The summed E-state index contributed by atoms with van der Waals surface area (Å²) in [5.74, 6) is 0.646. The summed E-state index contributed by atoms with van der Waals surface area (Å²) in [6.07, 6.45) is 7.29. The number of nitrogens with zero attached hydrogens (tertiary/aromatic N) is 3. The SMILES string of the molecule is CS(=O)(=O)NC[C@H]1[C@H]2CN(Cc3ccccc3-n3cccn3)C[C@]23CC[C@H]1O3. The second-order valence-electron chi connectivity index (χ2n) is 8.40. The summed E-state index contributed by atoms with van der Waals surface area (Å²) >= 11 is 0. The zero-order valence-electron chi connectivity index (χ0n) is 16.0. The summed E-state index contributed by atoms with van der Waals surface area (Å²) in [5, 5.41) is 4.38. The van der Waals surface area contributed by atoms with Crippen LogP contribution >= 0.6 is 0 Å². The van der Waals surface area contributed by atoms with E-state index in [1.54, 1.807) is 6.20 Å². The average Bonchev–Trinajstić information content (AvgIpc) is 3.40. The van der Waals surface area contributed by atoms with Gasteiger partial charge in [0.2, 0.25) is 10.0 Å². The van der Waals surface area contributed by atoms with Gasteiger partial charge < -0.3 is 4.74 Å². The third-order valence-corrected chi connectivity index (χ3v) is 7.26. The van der Waals surface area contributed by atoms with E-state index in [0.29, 0.717) is 12.5 Å². The molecule has 0 saturated carbocycles. The zero-order chi connectivity index (χ0) is 19.4. The van der Waals surface area contributed by atoms with Crippen molar-refractivity contribution >= 4 is 10.0 Å². The molecule has 3 saturated heterocycles. The number of hydrogen-bond acceptors (Lipinski definition) is 5. The highest BCUT2D eigenvalue weighted by Gasteiger charge is 2.62. The van der Waals surface area contributed by atoms with Crippen LogP contribution in [0.3, 0.4) is 0 Å². The second-order valence-corrected chi connectivity index (χ2v) is 10.2. The normalized spacial score (nSPS) is 32.1. The van der Waals surface area contributed by atoms with Gasteiger partial charge in [0.15, 0.2) is 0 Å². The molecule has 5 rings (SSSR count). The van der Waals surface area contributed by atoms with E-state index in [0.717, 1.165) is 38.2 Å². The lowest BCUT2D eigenvalue weighted by Gasteiger charge is -2.29. The predicted octanol–water partition coefficient (Wildman–Crippen LogP) is 1.40. The highest BCUT2D eigenvalue weighted by Crippen LogP contribution is 2.54. The first-order valence-corrected chi connectivity index (χ1v) is 11.8. The van der Waals surface area contributed by atoms with Crippen molar-refractivity contribution in [2.45, 2.75) is 31.1 Å². The van der Waals surface area contributed by atoms with Crippen molar-refractivity contribution in [2.75, 3.05) is 25.9 Å². The van der Waals surface area contributed by atoms with Gasteiger partial charge in [-0.3, -0.25) is 4.90 Å². The molecule has 7 nitrogen and oxygen atoms in total. The van der Waals surface area contributed by atoms with E-state index < -0.39 is 10.0 Å². The molecular formula is C20H26N4O3S. The minimum atomic E-state index is -3.18. The number of likely N-dealkylation sites (tertiary alicyclic amines) is 1. The number of para-hydroxylation sites is 1. The van der Waals surface area contributed by atoms with Gasteiger partial charge in [0.25, 0.3) is 0 Å². The first-order valence-electron chi connectivity index (χ1n) is 9.86. The van der Waals surface area contributed by atoms with Crippen molar-refractivity contribution < 1.29 is 13.2 Å². The number of ether oxygens (including phenoxy) is 1. The Morgan fingerprint density at radius 1 is 1.32 bits per heavy atom. The molecule has 0 radical (unpaired) electrons. The molecule has 3 aliphatic rings. The van der Waals surface area contributed by atoms with Gasteiger partial charge in [0, 0.05) is 50.4 Å². The summed E-state index contributed by atoms with van der Waals surface area (Å²) in [7, 11) is -3.18. The fourth-order valence-corrected chi connectivity index (χ4v) is 5.94. The number of fused-ring (bicyclic) bond motifs is 1. The third kappa shape index (κ3) is 3.18. The van der Waals surface area contributed by atoms with Gasteiger partial charge >= 0.3 is 0 Å². The fourth-order valence-electron chi connectivity index (χ4n) is 5.45.